The smallest absolute Gasteiger partial charge is 0.223 e. The van der Waals surface area contributed by atoms with Gasteiger partial charge < -0.3 is 15.0 Å². The van der Waals surface area contributed by atoms with E-state index in [9.17, 15) is 4.79 Å². The molecule has 1 amide bonds. The van der Waals surface area contributed by atoms with E-state index in [4.69, 9.17) is 16.3 Å². The number of halogens is 1. The monoisotopic (exact) mass is 370 g/mol. The lowest BCUT2D eigenvalue weighted by atomic mass is 9.89. The Kier molecular flexibility index (Phi) is 5.14. The molecule has 1 saturated heterocycles. The number of ether oxygens (including phenoxy) is 1. The Balaban J connectivity index is 1.54. The summed E-state index contributed by atoms with van der Waals surface area (Å²) in [4.78, 5) is 15.2. The number of piperazine rings is 1. The Morgan fingerprint density at radius 3 is 2.77 bits per heavy atom. The highest BCUT2D eigenvalue weighted by Gasteiger charge is 2.32. The van der Waals surface area contributed by atoms with Gasteiger partial charge in [0.15, 0.2) is 0 Å². The van der Waals surface area contributed by atoms with Gasteiger partial charge in [-0.2, -0.15) is 0 Å². The van der Waals surface area contributed by atoms with Crippen LogP contribution < -0.4 is 10.1 Å². The van der Waals surface area contributed by atoms with Crippen LogP contribution in [0.15, 0.2) is 48.5 Å². The van der Waals surface area contributed by atoms with Crippen molar-refractivity contribution in [3.05, 3.63) is 64.7 Å². The molecule has 2 aromatic rings. The van der Waals surface area contributed by atoms with Crippen molar-refractivity contribution in [2.24, 2.45) is 0 Å². The summed E-state index contributed by atoms with van der Waals surface area (Å²) < 4.78 is 5.73. The number of nitrogens with one attached hydrogen (secondary N) is 1. The molecule has 1 N–H and O–H groups in total. The average molecular weight is 371 g/mol. The van der Waals surface area contributed by atoms with E-state index in [0.29, 0.717) is 19.6 Å². The molecule has 4 nitrogen and oxygen atoms in total. The Bertz CT molecular complexity index is 795. The molecule has 136 valence electrons. The van der Waals surface area contributed by atoms with Crippen LogP contribution in [-0.4, -0.2) is 37.0 Å². The molecule has 4 rings (SSSR count). The standard InChI is InChI=1S/C21H23ClN2O2/c22-18-7-3-1-6-17(18)19-14-23-10-11-24(19)21(25)13-15-9-12-26-20-8-4-2-5-16(15)20/h1-8,15,19,23H,9-14H2. The van der Waals surface area contributed by atoms with Crippen molar-refractivity contribution < 1.29 is 9.53 Å². The molecule has 2 unspecified atom stereocenters. The van der Waals surface area contributed by atoms with Gasteiger partial charge >= 0.3 is 0 Å². The fourth-order valence-electron chi connectivity index (χ4n) is 3.98. The van der Waals surface area contributed by atoms with Gasteiger partial charge in [0.25, 0.3) is 0 Å². The molecule has 2 atom stereocenters. The van der Waals surface area contributed by atoms with E-state index in [1.807, 2.05) is 47.4 Å². The third-order valence-electron chi connectivity index (χ3n) is 5.33. The van der Waals surface area contributed by atoms with Crippen LogP contribution in [0.1, 0.15) is 35.9 Å². The quantitative estimate of drug-likeness (QED) is 0.894. The van der Waals surface area contributed by atoms with Crippen LogP contribution in [0.25, 0.3) is 0 Å². The SMILES string of the molecule is O=C(CC1CCOc2ccccc21)N1CCNCC1c1ccccc1Cl. The second kappa shape index (κ2) is 7.68. The lowest BCUT2D eigenvalue weighted by Gasteiger charge is -2.38. The second-order valence-electron chi connectivity index (χ2n) is 6.90. The fourth-order valence-corrected chi connectivity index (χ4v) is 4.24. The van der Waals surface area contributed by atoms with Gasteiger partial charge in [-0.05, 0) is 35.6 Å². The van der Waals surface area contributed by atoms with Crippen molar-refractivity contribution in [2.45, 2.75) is 24.8 Å². The van der Waals surface area contributed by atoms with Crippen LogP contribution in [-0.2, 0) is 4.79 Å². The first-order chi connectivity index (χ1) is 12.7. The van der Waals surface area contributed by atoms with Crippen LogP contribution in [0.3, 0.4) is 0 Å². The molecule has 0 aliphatic carbocycles. The summed E-state index contributed by atoms with van der Waals surface area (Å²) in [5, 5.41) is 4.11. The minimum atomic E-state index is -0.0139. The molecule has 0 bridgehead atoms. The van der Waals surface area contributed by atoms with E-state index in [1.54, 1.807) is 0 Å². The van der Waals surface area contributed by atoms with Gasteiger partial charge in [-0.1, -0.05) is 48.0 Å². The van der Waals surface area contributed by atoms with E-state index in [0.717, 1.165) is 41.4 Å². The van der Waals surface area contributed by atoms with Crippen molar-refractivity contribution in [1.82, 2.24) is 10.2 Å². The third-order valence-corrected chi connectivity index (χ3v) is 5.68. The highest BCUT2D eigenvalue weighted by atomic mass is 35.5. The fraction of sp³-hybridized carbons (Fsp3) is 0.381. The number of para-hydroxylation sites is 1. The van der Waals surface area contributed by atoms with E-state index >= 15 is 0 Å². The molecule has 0 aromatic heterocycles. The normalized spacial score (nSPS) is 22.4. The van der Waals surface area contributed by atoms with E-state index in [-0.39, 0.29) is 17.9 Å². The van der Waals surface area contributed by atoms with Crippen molar-refractivity contribution >= 4 is 17.5 Å². The van der Waals surface area contributed by atoms with E-state index in [2.05, 4.69) is 11.4 Å². The number of nitrogens with zero attached hydrogens (tertiary/aromatic N) is 1. The highest BCUT2D eigenvalue weighted by molar-refractivity contribution is 6.31. The zero-order valence-electron chi connectivity index (χ0n) is 14.7. The minimum absolute atomic E-state index is 0.0139. The first-order valence-corrected chi connectivity index (χ1v) is 9.58. The lowest BCUT2D eigenvalue weighted by Crippen LogP contribution is -2.49. The molecule has 2 aliphatic heterocycles. The number of hydrogen-bond acceptors (Lipinski definition) is 3. The number of amides is 1. The molecular formula is C21H23ClN2O2. The maximum Gasteiger partial charge on any atom is 0.223 e. The zero-order chi connectivity index (χ0) is 17.9. The maximum absolute atomic E-state index is 13.2. The molecule has 2 aromatic carbocycles. The maximum atomic E-state index is 13.2. The summed E-state index contributed by atoms with van der Waals surface area (Å²) in [6.45, 7) is 2.93. The predicted octanol–water partition coefficient (Wildman–Crippen LogP) is 3.77. The van der Waals surface area contributed by atoms with Gasteiger partial charge in [0.2, 0.25) is 5.91 Å². The van der Waals surface area contributed by atoms with Crippen LogP contribution in [0.4, 0.5) is 0 Å². The Morgan fingerprint density at radius 2 is 1.92 bits per heavy atom. The first kappa shape index (κ1) is 17.4. The lowest BCUT2D eigenvalue weighted by molar-refractivity contribution is -0.135. The number of rotatable bonds is 3. The Hall–Kier alpha value is -2.04. The topological polar surface area (TPSA) is 41.6 Å². The number of carbonyl (C=O) groups is 1. The van der Waals surface area contributed by atoms with Crippen LogP contribution in [0.5, 0.6) is 5.75 Å². The summed E-state index contributed by atoms with van der Waals surface area (Å²) >= 11 is 6.40. The van der Waals surface area contributed by atoms with Crippen LogP contribution >= 0.6 is 11.6 Å². The zero-order valence-corrected chi connectivity index (χ0v) is 15.4. The Morgan fingerprint density at radius 1 is 1.15 bits per heavy atom. The Labute approximate surface area is 159 Å². The molecule has 1 fully saturated rings. The van der Waals surface area contributed by atoms with Gasteiger partial charge in [0.05, 0.1) is 12.6 Å². The van der Waals surface area contributed by atoms with Crippen LogP contribution in [0, 0.1) is 0 Å². The largest absolute Gasteiger partial charge is 0.493 e. The number of carbonyl (C=O) groups excluding carboxylic acids is 1. The number of fused-ring (bicyclic) bond motifs is 1. The average Bonchev–Trinajstić information content (AvgIpc) is 2.69. The molecule has 0 radical (unpaired) electrons. The van der Waals surface area contributed by atoms with E-state index < -0.39 is 0 Å². The van der Waals surface area contributed by atoms with Gasteiger partial charge in [0, 0.05) is 31.1 Å². The summed E-state index contributed by atoms with van der Waals surface area (Å²) in [6, 6.07) is 15.9. The van der Waals surface area contributed by atoms with Crippen LogP contribution in [0.2, 0.25) is 5.02 Å². The summed E-state index contributed by atoms with van der Waals surface area (Å²) in [5.74, 6) is 1.33. The molecule has 2 aliphatic rings. The van der Waals surface area contributed by atoms with Gasteiger partial charge in [-0.25, -0.2) is 0 Å². The molecule has 26 heavy (non-hydrogen) atoms. The summed E-state index contributed by atoms with van der Waals surface area (Å²) in [5.41, 5.74) is 2.17. The summed E-state index contributed by atoms with van der Waals surface area (Å²) in [7, 11) is 0. The second-order valence-corrected chi connectivity index (χ2v) is 7.31. The first-order valence-electron chi connectivity index (χ1n) is 9.20. The van der Waals surface area contributed by atoms with Crippen molar-refractivity contribution in [3.8, 4) is 5.75 Å². The van der Waals surface area contributed by atoms with Gasteiger partial charge in [0.1, 0.15) is 5.75 Å². The van der Waals surface area contributed by atoms with E-state index in [1.165, 1.54) is 0 Å². The highest BCUT2D eigenvalue weighted by Crippen LogP contribution is 2.37. The van der Waals surface area contributed by atoms with Crippen molar-refractivity contribution in [1.29, 1.82) is 0 Å². The molecular weight excluding hydrogens is 348 g/mol. The van der Waals surface area contributed by atoms with Gasteiger partial charge in [-0.3, -0.25) is 4.79 Å². The molecule has 5 heteroatoms. The molecule has 2 heterocycles. The predicted molar refractivity (Wildman–Crippen MR) is 103 cm³/mol. The third kappa shape index (κ3) is 3.44. The summed E-state index contributed by atoms with van der Waals surface area (Å²) in [6.07, 6.45) is 1.40. The number of benzene rings is 2. The van der Waals surface area contributed by atoms with Crippen molar-refractivity contribution in [2.75, 3.05) is 26.2 Å². The van der Waals surface area contributed by atoms with Gasteiger partial charge in [-0.15, -0.1) is 0 Å². The molecule has 0 spiro atoms. The number of hydrogen-bond donors (Lipinski definition) is 1. The minimum Gasteiger partial charge on any atom is -0.493 e. The molecule has 0 saturated carbocycles. The van der Waals surface area contributed by atoms with Crippen molar-refractivity contribution in [3.63, 3.8) is 0 Å².